The molecule has 0 aromatic heterocycles. The largest absolute Gasteiger partial charge is 0.305 e. The van der Waals surface area contributed by atoms with E-state index >= 15 is 0 Å². The molecule has 1 unspecified atom stereocenters. The minimum Gasteiger partial charge on any atom is -0.305 e. The summed E-state index contributed by atoms with van der Waals surface area (Å²) in [5.41, 5.74) is 6.09. The van der Waals surface area contributed by atoms with Gasteiger partial charge in [-0.25, -0.2) is 0 Å². The zero-order chi connectivity index (χ0) is 24.7. The van der Waals surface area contributed by atoms with Gasteiger partial charge in [-0.2, -0.15) is 10.5 Å². The Morgan fingerprint density at radius 3 is 2.18 bits per heavy atom. The van der Waals surface area contributed by atoms with E-state index in [9.17, 15) is 10.5 Å². The van der Waals surface area contributed by atoms with Gasteiger partial charge >= 0.3 is 0 Å². The third-order valence-corrected chi connectivity index (χ3v) is 7.38. The molecule has 3 aromatic rings. The first-order valence-electron chi connectivity index (χ1n) is 11.6. The lowest BCUT2D eigenvalue weighted by atomic mass is 9.79. The molecule has 0 saturated heterocycles. The van der Waals surface area contributed by atoms with Crippen molar-refractivity contribution in [3.8, 4) is 12.1 Å². The topological polar surface area (TPSA) is 59.6 Å². The minimum atomic E-state index is -0.594. The van der Waals surface area contributed by atoms with Crippen LogP contribution in [0.2, 0.25) is 0 Å². The van der Waals surface area contributed by atoms with Crippen LogP contribution in [-0.4, -0.2) is 6.04 Å². The number of rotatable bonds is 9. The molecule has 3 nitrogen and oxygen atoms in total. The summed E-state index contributed by atoms with van der Waals surface area (Å²) in [4.78, 5) is 0. The summed E-state index contributed by atoms with van der Waals surface area (Å²) >= 11 is 2.38. The van der Waals surface area contributed by atoms with Crippen molar-refractivity contribution < 1.29 is 0 Å². The van der Waals surface area contributed by atoms with Crippen LogP contribution in [0.25, 0.3) is 0 Å². The van der Waals surface area contributed by atoms with Gasteiger partial charge in [0.25, 0.3) is 0 Å². The van der Waals surface area contributed by atoms with Crippen LogP contribution in [0.4, 0.5) is 0 Å². The summed E-state index contributed by atoms with van der Waals surface area (Å²) in [7, 11) is 0. The molecule has 4 heteroatoms. The highest BCUT2D eigenvalue weighted by atomic mass is 127. The fraction of sp³-hybridized carbons (Fsp3) is 0.333. The maximum Gasteiger partial charge on any atom is 0.0991 e. The second-order valence-corrected chi connectivity index (χ2v) is 10.4. The molecule has 0 aliphatic carbocycles. The molecular weight excluding hydrogens is 529 g/mol. The maximum absolute atomic E-state index is 9.99. The van der Waals surface area contributed by atoms with Gasteiger partial charge in [0.15, 0.2) is 0 Å². The molecular formula is C30H32IN3. The number of nitriles is 2. The third-order valence-electron chi connectivity index (χ3n) is 6.50. The van der Waals surface area contributed by atoms with Crippen LogP contribution < -0.4 is 5.32 Å². The lowest BCUT2D eigenvalue weighted by molar-refractivity contribution is 0.281. The minimum absolute atomic E-state index is 0.0660. The van der Waals surface area contributed by atoms with Gasteiger partial charge in [-0.05, 0) is 68.5 Å². The lowest BCUT2D eigenvalue weighted by Gasteiger charge is -2.36. The van der Waals surface area contributed by atoms with Crippen molar-refractivity contribution in [2.45, 2.75) is 56.5 Å². The molecule has 0 fully saturated rings. The Morgan fingerprint density at radius 1 is 0.912 bits per heavy atom. The Morgan fingerprint density at radius 2 is 1.56 bits per heavy atom. The van der Waals surface area contributed by atoms with Gasteiger partial charge in [-0.15, -0.1) is 0 Å². The van der Waals surface area contributed by atoms with E-state index in [1.54, 1.807) is 0 Å². The number of halogens is 1. The van der Waals surface area contributed by atoms with Gasteiger partial charge in [0.2, 0.25) is 0 Å². The molecule has 0 radical (unpaired) electrons. The average molecular weight is 562 g/mol. The normalized spacial score (nSPS) is 14.0. The summed E-state index contributed by atoms with van der Waals surface area (Å²) in [6.07, 6.45) is 0.845. The zero-order valence-corrected chi connectivity index (χ0v) is 22.5. The van der Waals surface area contributed by atoms with Gasteiger partial charge in [-0.1, -0.05) is 88.8 Å². The number of alkyl halides is 1. The van der Waals surface area contributed by atoms with Crippen LogP contribution in [0.1, 0.15) is 66.1 Å². The molecule has 0 saturated carbocycles. The van der Waals surface area contributed by atoms with E-state index in [2.05, 4.69) is 108 Å². The molecule has 3 aromatic carbocycles. The molecule has 0 spiro atoms. The number of nitrogens with one attached hydrogen (secondary N) is 1. The summed E-state index contributed by atoms with van der Waals surface area (Å²) in [5.74, 6) is 0.139. The average Bonchev–Trinajstić information content (AvgIpc) is 2.85. The van der Waals surface area contributed by atoms with Crippen molar-refractivity contribution in [1.82, 2.24) is 5.32 Å². The Hall–Kier alpha value is -2.67. The van der Waals surface area contributed by atoms with Gasteiger partial charge in [0.05, 0.1) is 29.2 Å². The molecule has 0 aliphatic rings. The molecule has 3 atom stereocenters. The van der Waals surface area contributed by atoms with Crippen LogP contribution in [0.15, 0.2) is 72.8 Å². The molecule has 1 N–H and O–H groups in total. The van der Waals surface area contributed by atoms with E-state index in [0.29, 0.717) is 5.56 Å². The SMILES string of the molecule is Cc1cccc(C(N[C@@H](C)[C@@H](Cc2ccc(CI)cc2)c2cccc(C#N)c2)C(C)(C)C#N)c1. The van der Waals surface area contributed by atoms with Gasteiger partial charge < -0.3 is 5.32 Å². The van der Waals surface area contributed by atoms with Crippen LogP contribution >= 0.6 is 22.6 Å². The first kappa shape index (κ1) is 25.9. The van der Waals surface area contributed by atoms with Crippen LogP contribution in [-0.2, 0) is 10.8 Å². The van der Waals surface area contributed by atoms with E-state index in [4.69, 9.17) is 0 Å². The monoisotopic (exact) mass is 561 g/mol. The fourth-order valence-corrected chi connectivity index (χ4v) is 4.96. The predicted molar refractivity (Wildman–Crippen MR) is 148 cm³/mol. The smallest absolute Gasteiger partial charge is 0.0991 e. The first-order valence-corrected chi connectivity index (χ1v) is 13.2. The number of aryl methyl sites for hydroxylation is 1. The summed E-state index contributed by atoms with van der Waals surface area (Å²) < 4.78 is 0.991. The van der Waals surface area contributed by atoms with E-state index in [-0.39, 0.29) is 18.0 Å². The van der Waals surface area contributed by atoms with Crippen molar-refractivity contribution in [3.63, 3.8) is 0 Å². The highest BCUT2D eigenvalue weighted by molar-refractivity contribution is 14.1. The Labute approximate surface area is 218 Å². The van der Waals surface area contributed by atoms with Gasteiger partial charge in [0.1, 0.15) is 0 Å². The van der Waals surface area contributed by atoms with Crippen LogP contribution in [0.3, 0.4) is 0 Å². The highest BCUT2D eigenvalue weighted by Crippen LogP contribution is 2.36. The Bertz CT molecular complexity index is 1180. The van der Waals surface area contributed by atoms with Crippen molar-refractivity contribution in [2.24, 2.45) is 5.41 Å². The standard InChI is InChI=1S/C30H32IN3/c1-21-7-5-10-27(15-21)29(30(3,4)20-33)34-22(2)28(26-9-6-8-25(16-26)19-32)17-23-11-13-24(18-31)14-12-23/h5-16,22,28-29,34H,17-18H2,1-4H3/t22-,28+,29?/m0/s1. The molecule has 34 heavy (non-hydrogen) atoms. The number of hydrogen-bond donors (Lipinski definition) is 1. The predicted octanol–water partition coefficient (Wildman–Crippen LogP) is 7.40. The van der Waals surface area contributed by atoms with Crippen molar-refractivity contribution in [3.05, 3.63) is 106 Å². The second-order valence-electron chi connectivity index (χ2n) is 9.63. The van der Waals surface area contributed by atoms with Crippen molar-refractivity contribution >= 4 is 22.6 Å². The number of benzene rings is 3. The number of nitrogens with zero attached hydrogens (tertiary/aromatic N) is 2. The van der Waals surface area contributed by atoms with E-state index in [1.807, 2.05) is 32.0 Å². The lowest BCUT2D eigenvalue weighted by Crippen LogP contribution is -2.42. The van der Waals surface area contributed by atoms with Crippen LogP contribution in [0.5, 0.6) is 0 Å². The summed E-state index contributed by atoms with van der Waals surface area (Å²) in [6.45, 7) is 8.26. The molecule has 0 aliphatic heterocycles. The molecule has 0 bridgehead atoms. The first-order chi connectivity index (χ1) is 16.3. The van der Waals surface area contributed by atoms with Gasteiger partial charge in [0, 0.05) is 16.4 Å². The van der Waals surface area contributed by atoms with Gasteiger partial charge in [-0.3, -0.25) is 0 Å². The Kier molecular flexibility index (Phi) is 8.89. The third kappa shape index (κ3) is 6.47. The molecule has 3 rings (SSSR count). The highest BCUT2D eigenvalue weighted by Gasteiger charge is 2.34. The van der Waals surface area contributed by atoms with Crippen LogP contribution in [0, 0.1) is 35.0 Å². The van der Waals surface area contributed by atoms with Crippen molar-refractivity contribution in [1.29, 1.82) is 10.5 Å². The Balaban J connectivity index is 1.99. The van der Waals surface area contributed by atoms with E-state index < -0.39 is 5.41 Å². The molecule has 0 heterocycles. The second kappa shape index (κ2) is 11.6. The fourth-order valence-electron chi connectivity index (χ4n) is 4.46. The van der Waals surface area contributed by atoms with E-state index in [0.717, 1.165) is 22.0 Å². The number of hydrogen-bond acceptors (Lipinski definition) is 3. The zero-order valence-electron chi connectivity index (χ0n) is 20.3. The molecule has 174 valence electrons. The summed E-state index contributed by atoms with van der Waals surface area (Å²) in [6, 6.07) is 29.9. The maximum atomic E-state index is 9.99. The van der Waals surface area contributed by atoms with E-state index in [1.165, 1.54) is 16.7 Å². The molecule has 0 amide bonds. The van der Waals surface area contributed by atoms with Crippen molar-refractivity contribution in [2.75, 3.05) is 0 Å². The quantitative estimate of drug-likeness (QED) is 0.219. The summed E-state index contributed by atoms with van der Waals surface area (Å²) in [5, 5.41) is 23.3.